The fraction of sp³-hybridized carbons (Fsp3) is 0.0714. The maximum absolute atomic E-state index is 10.9. The fourth-order valence-corrected chi connectivity index (χ4v) is 2.14. The Balaban J connectivity index is 1.80. The van der Waals surface area contributed by atoms with Crippen molar-refractivity contribution in [1.29, 1.82) is 0 Å². The van der Waals surface area contributed by atoms with Crippen LogP contribution in [0.1, 0.15) is 16.2 Å². The van der Waals surface area contributed by atoms with Gasteiger partial charge in [-0.1, -0.05) is 28.9 Å². The Kier molecular flexibility index (Phi) is 3.45. The normalized spacial score (nSPS) is 10.7. The van der Waals surface area contributed by atoms with Crippen molar-refractivity contribution in [2.75, 3.05) is 0 Å². The number of ether oxygens (including phenoxy) is 1. The van der Waals surface area contributed by atoms with E-state index in [-0.39, 0.29) is 18.0 Å². The van der Waals surface area contributed by atoms with Gasteiger partial charge < -0.3 is 9.84 Å². The number of aromatic carboxylic acids is 1. The number of aromatic amines is 1. The highest BCUT2D eigenvalue weighted by atomic mass is 35.5. The number of aromatic nitrogens is 3. The number of hydrogen-bond acceptors (Lipinski definition) is 4. The number of halogens is 1. The van der Waals surface area contributed by atoms with Crippen LogP contribution in [0.4, 0.5) is 0 Å². The molecule has 3 rings (SSSR count). The number of carbonyl (C=O) groups is 1. The molecule has 0 saturated carbocycles. The zero-order valence-electron chi connectivity index (χ0n) is 10.7. The van der Waals surface area contributed by atoms with E-state index in [9.17, 15) is 4.79 Å². The average Bonchev–Trinajstić information content (AvgIpc) is 2.93. The summed E-state index contributed by atoms with van der Waals surface area (Å²) in [5.74, 6) is -0.504. The van der Waals surface area contributed by atoms with E-state index in [2.05, 4.69) is 15.4 Å². The summed E-state index contributed by atoms with van der Waals surface area (Å²) in [6, 6.07) is 11.1. The van der Waals surface area contributed by atoms with Crippen LogP contribution in [0.3, 0.4) is 0 Å². The third-order valence-electron chi connectivity index (χ3n) is 2.98. The lowest BCUT2D eigenvalue weighted by molar-refractivity contribution is 0.0687. The number of fused-ring (bicyclic) bond motifs is 1. The molecule has 0 saturated heterocycles. The van der Waals surface area contributed by atoms with Crippen LogP contribution in [-0.4, -0.2) is 26.5 Å². The summed E-state index contributed by atoms with van der Waals surface area (Å²) >= 11 is 5.93. The van der Waals surface area contributed by atoms with E-state index in [0.29, 0.717) is 10.8 Å². The summed E-state index contributed by atoms with van der Waals surface area (Å²) in [6.45, 7) is 0.0250. The van der Waals surface area contributed by atoms with Crippen LogP contribution in [0.2, 0.25) is 5.02 Å². The third-order valence-corrected chi connectivity index (χ3v) is 3.22. The molecule has 1 heterocycles. The largest absolute Gasteiger partial charge is 0.487 e. The van der Waals surface area contributed by atoms with Gasteiger partial charge in [0.05, 0.1) is 0 Å². The number of benzene rings is 2. The maximum atomic E-state index is 10.9. The van der Waals surface area contributed by atoms with Gasteiger partial charge in [-0.2, -0.15) is 0 Å². The van der Waals surface area contributed by atoms with E-state index >= 15 is 0 Å². The van der Waals surface area contributed by atoms with Crippen molar-refractivity contribution in [2.45, 2.75) is 6.61 Å². The van der Waals surface area contributed by atoms with E-state index in [4.69, 9.17) is 21.4 Å². The molecule has 0 aliphatic heterocycles. The molecule has 1 aromatic heterocycles. The maximum Gasteiger partial charge on any atom is 0.356 e. The minimum absolute atomic E-state index is 0.0250. The predicted molar refractivity (Wildman–Crippen MR) is 76.6 cm³/mol. The Morgan fingerprint density at radius 2 is 2.00 bits per heavy atom. The van der Waals surface area contributed by atoms with Gasteiger partial charge in [-0.15, -0.1) is 5.10 Å². The number of nitrogens with zero attached hydrogens (tertiary/aromatic N) is 2. The molecular weight excluding hydrogens is 294 g/mol. The molecule has 0 bridgehead atoms. The Hall–Kier alpha value is -2.60. The first kappa shape index (κ1) is 13.4. The fourth-order valence-electron chi connectivity index (χ4n) is 1.96. The molecule has 6 nitrogen and oxygen atoms in total. The van der Waals surface area contributed by atoms with E-state index in [1.54, 1.807) is 12.1 Å². The number of hydrogen-bond donors (Lipinski definition) is 2. The van der Waals surface area contributed by atoms with Crippen LogP contribution in [0.5, 0.6) is 5.75 Å². The van der Waals surface area contributed by atoms with Crippen LogP contribution >= 0.6 is 11.6 Å². The molecule has 0 aliphatic carbocycles. The van der Waals surface area contributed by atoms with E-state index in [0.717, 1.165) is 10.8 Å². The number of H-pyrrole nitrogens is 1. The van der Waals surface area contributed by atoms with Gasteiger partial charge in [0.15, 0.2) is 5.69 Å². The Morgan fingerprint density at radius 1 is 1.24 bits per heavy atom. The highest BCUT2D eigenvalue weighted by Crippen LogP contribution is 2.24. The molecule has 0 aliphatic rings. The first-order valence-corrected chi connectivity index (χ1v) is 6.46. The van der Waals surface area contributed by atoms with Gasteiger partial charge in [-0.25, -0.2) is 4.79 Å². The number of carboxylic acids is 1. The standard InChI is InChI=1S/C14H10ClN3O3/c15-10-3-1-9-6-11(4-2-8(9)5-10)21-7-12-13(14(19)20)17-18-16-12/h1-6H,7H2,(H,19,20)(H,16,17,18). The number of carboxylic acid groups (broad SMARTS) is 1. The molecular formula is C14H10ClN3O3. The molecule has 0 radical (unpaired) electrons. The monoisotopic (exact) mass is 303 g/mol. The number of rotatable bonds is 4. The molecule has 0 atom stereocenters. The van der Waals surface area contributed by atoms with Crippen molar-refractivity contribution in [2.24, 2.45) is 0 Å². The van der Waals surface area contributed by atoms with Crippen LogP contribution in [0.25, 0.3) is 10.8 Å². The van der Waals surface area contributed by atoms with Gasteiger partial charge >= 0.3 is 5.97 Å². The van der Waals surface area contributed by atoms with Crippen molar-refractivity contribution in [3.8, 4) is 5.75 Å². The van der Waals surface area contributed by atoms with Gasteiger partial charge in [0.2, 0.25) is 0 Å². The molecule has 0 amide bonds. The lowest BCUT2D eigenvalue weighted by Crippen LogP contribution is -2.05. The Bertz CT molecular complexity index is 816. The molecule has 2 N–H and O–H groups in total. The van der Waals surface area contributed by atoms with Crippen LogP contribution in [0, 0.1) is 0 Å². The molecule has 2 aromatic carbocycles. The van der Waals surface area contributed by atoms with Crippen molar-refractivity contribution in [3.63, 3.8) is 0 Å². The topological polar surface area (TPSA) is 88.1 Å². The minimum Gasteiger partial charge on any atom is -0.487 e. The zero-order valence-corrected chi connectivity index (χ0v) is 11.5. The van der Waals surface area contributed by atoms with E-state index < -0.39 is 5.97 Å². The van der Waals surface area contributed by atoms with Gasteiger partial charge in [0.1, 0.15) is 18.1 Å². The van der Waals surface area contributed by atoms with Crippen molar-refractivity contribution < 1.29 is 14.6 Å². The summed E-state index contributed by atoms with van der Waals surface area (Å²) in [7, 11) is 0. The molecule has 7 heteroatoms. The van der Waals surface area contributed by atoms with Gasteiger partial charge in [0.25, 0.3) is 0 Å². The van der Waals surface area contributed by atoms with Gasteiger partial charge in [-0.05, 0) is 35.0 Å². The molecule has 21 heavy (non-hydrogen) atoms. The molecule has 0 fully saturated rings. The Morgan fingerprint density at radius 3 is 2.81 bits per heavy atom. The predicted octanol–water partition coefficient (Wildman–Crippen LogP) is 2.89. The summed E-state index contributed by atoms with van der Waals surface area (Å²) < 4.78 is 5.56. The first-order valence-electron chi connectivity index (χ1n) is 6.09. The van der Waals surface area contributed by atoms with Crippen LogP contribution in [-0.2, 0) is 6.61 Å². The van der Waals surface area contributed by atoms with Crippen molar-refractivity contribution in [1.82, 2.24) is 15.4 Å². The lowest BCUT2D eigenvalue weighted by atomic mass is 10.1. The molecule has 0 spiro atoms. The highest BCUT2D eigenvalue weighted by Gasteiger charge is 2.14. The Labute approximate surface area is 124 Å². The molecule has 106 valence electrons. The second-order valence-electron chi connectivity index (χ2n) is 4.38. The summed E-state index contributed by atoms with van der Waals surface area (Å²) in [4.78, 5) is 10.9. The lowest BCUT2D eigenvalue weighted by Gasteiger charge is -2.06. The van der Waals surface area contributed by atoms with E-state index in [1.165, 1.54) is 0 Å². The summed E-state index contributed by atoms with van der Waals surface area (Å²) in [5.41, 5.74) is 0.182. The summed E-state index contributed by atoms with van der Waals surface area (Å²) in [6.07, 6.45) is 0. The zero-order chi connectivity index (χ0) is 14.8. The van der Waals surface area contributed by atoms with Crippen molar-refractivity contribution in [3.05, 3.63) is 52.8 Å². The first-order chi connectivity index (χ1) is 10.1. The van der Waals surface area contributed by atoms with Crippen LogP contribution in [0.15, 0.2) is 36.4 Å². The SMILES string of the molecule is O=C(O)c1[nH]nnc1COc1ccc2cc(Cl)ccc2c1. The molecule has 0 unspecified atom stereocenters. The average molecular weight is 304 g/mol. The van der Waals surface area contributed by atoms with Gasteiger partial charge in [-0.3, -0.25) is 5.10 Å². The molecule has 3 aromatic rings. The number of nitrogens with one attached hydrogen (secondary N) is 1. The van der Waals surface area contributed by atoms with Gasteiger partial charge in [0, 0.05) is 5.02 Å². The third kappa shape index (κ3) is 2.80. The minimum atomic E-state index is -1.12. The second kappa shape index (κ2) is 5.41. The quantitative estimate of drug-likeness (QED) is 0.773. The van der Waals surface area contributed by atoms with Crippen molar-refractivity contribution >= 4 is 28.3 Å². The summed E-state index contributed by atoms with van der Waals surface area (Å²) in [5, 5.41) is 21.1. The van der Waals surface area contributed by atoms with E-state index in [1.807, 2.05) is 24.3 Å². The highest BCUT2D eigenvalue weighted by molar-refractivity contribution is 6.31. The smallest absolute Gasteiger partial charge is 0.356 e. The second-order valence-corrected chi connectivity index (χ2v) is 4.82. The van der Waals surface area contributed by atoms with Crippen LogP contribution < -0.4 is 4.74 Å².